The number of hydrogen-bond donors (Lipinski definition) is 1. The fourth-order valence-electron chi connectivity index (χ4n) is 0.778. The van der Waals surface area contributed by atoms with Crippen molar-refractivity contribution in [2.45, 2.75) is 18.9 Å². The van der Waals surface area contributed by atoms with Crippen molar-refractivity contribution in [2.24, 2.45) is 0 Å². The van der Waals surface area contributed by atoms with Gasteiger partial charge in [0.1, 0.15) is 11.6 Å². The predicted octanol–water partition coefficient (Wildman–Crippen LogP) is 2.02. The van der Waals surface area contributed by atoms with E-state index in [2.05, 4.69) is 5.10 Å². The first kappa shape index (κ1) is 11.1. The van der Waals surface area contributed by atoms with Crippen LogP contribution in [0.4, 0.5) is 23.4 Å². The molecule has 0 aliphatic heterocycles. The molecule has 0 aliphatic rings. The fourth-order valence-corrected chi connectivity index (χ4v) is 0.928. The van der Waals surface area contributed by atoms with Crippen LogP contribution in [0.1, 0.15) is 0 Å². The number of halogens is 5. The molecular formula is C6H6ClF4N3. The molecule has 0 saturated carbocycles. The molecule has 0 amide bonds. The number of nitrogen functional groups attached to an aromatic ring is 1. The Hall–Kier alpha value is -0.980. The van der Waals surface area contributed by atoms with E-state index in [1.165, 1.54) is 0 Å². The molecule has 0 atom stereocenters. The van der Waals surface area contributed by atoms with Crippen molar-refractivity contribution in [1.29, 1.82) is 0 Å². The molecular weight excluding hydrogens is 226 g/mol. The highest BCUT2D eigenvalue weighted by Crippen LogP contribution is 2.26. The molecule has 0 aromatic carbocycles. The van der Waals surface area contributed by atoms with Gasteiger partial charge in [0.25, 0.3) is 0 Å². The van der Waals surface area contributed by atoms with E-state index >= 15 is 0 Å². The highest BCUT2D eigenvalue weighted by Gasteiger charge is 2.41. The van der Waals surface area contributed by atoms with E-state index in [0.29, 0.717) is 4.68 Å². The van der Waals surface area contributed by atoms with Crippen LogP contribution in [-0.4, -0.2) is 22.1 Å². The maximum absolute atomic E-state index is 12.5. The van der Waals surface area contributed by atoms with Gasteiger partial charge in [0.05, 0.1) is 0 Å². The first-order valence-corrected chi connectivity index (χ1v) is 3.85. The first-order valence-electron chi connectivity index (χ1n) is 3.47. The van der Waals surface area contributed by atoms with Crippen molar-refractivity contribution in [3.63, 3.8) is 0 Å². The largest absolute Gasteiger partial charge is 0.381 e. The Morgan fingerprint density at radius 2 is 2.14 bits per heavy atom. The van der Waals surface area contributed by atoms with Crippen molar-refractivity contribution in [3.05, 3.63) is 11.2 Å². The van der Waals surface area contributed by atoms with Crippen molar-refractivity contribution in [2.75, 3.05) is 5.73 Å². The molecule has 0 fully saturated rings. The Bertz CT molecular complexity index is 305. The summed E-state index contributed by atoms with van der Waals surface area (Å²) in [4.78, 5) is 0. The molecule has 1 heterocycles. The van der Waals surface area contributed by atoms with E-state index in [0.717, 1.165) is 6.20 Å². The molecule has 2 N–H and O–H groups in total. The van der Waals surface area contributed by atoms with Crippen molar-refractivity contribution in [3.8, 4) is 0 Å². The maximum atomic E-state index is 12.5. The lowest BCUT2D eigenvalue weighted by molar-refractivity contribution is -0.139. The Balaban J connectivity index is 2.78. The van der Waals surface area contributed by atoms with Crippen LogP contribution >= 0.6 is 11.6 Å². The van der Waals surface area contributed by atoms with Gasteiger partial charge in [-0.3, -0.25) is 4.68 Å². The SMILES string of the molecule is Nc1nn(CC(F)(F)C(F)F)cc1Cl. The minimum Gasteiger partial charge on any atom is -0.381 e. The van der Waals surface area contributed by atoms with E-state index in [9.17, 15) is 17.6 Å². The van der Waals surface area contributed by atoms with Gasteiger partial charge >= 0.3 is 12.3 Å². The van der Waals surface area contributed by atoms with Gasteiger partial charge in [-0.15, -0.1) is 0 Å². The third-order valence-corrected chi connectivity index (χ3v) is 1.73. The van der Waals surface area contributed by atoms with Crippen LogP contribution in [0.5, 0.6) is 0 Å². The third kappa shape index (κ3) is 2.28. The molecule has 80 valence electrons. The lowest BCUT2D eigenvalue weighted by atomic mass is 10.3. The van der Waals surface area contributed by atoms with Crippen molar-refractivity contribution < 1.29 is 17.6 Å². The average molecular weight is 232 g/mol. The van der Waals surface area contributed by atoms with Crippen LogP contribution in [0, 0.1) is 0 Å². The van der Waals surface area contributed by atoms with Gasteiger partial charge in [0, 0.05) is 6.20 Å². The zero-order chi connectivity index (χ0) is 10.9. The molecule has 1 aromatic rings. The zero-order valence-electron chi connectivity index (χ0n) is 6.72. The van der Waals surface area contributed by atoms with E-state index in [-0.39, 0.29) is 10.8 Å². The zero-order valence-corrected chi connectivity index (χ0v) is 7.48. The van der Waals surface area contributed by atoms with E-state index < -0.39 is 18.9 Å². The molecule has 0 saturated heterocycles. The summed E-state index contributed by atoms with van der Waals surface area (Å²) in [6.45, 7) is -1.25. The number of hydrogen-bond acceptors (Lipinski definition) is 2. The molecule has 1 rings (SSSR count). The second-order valence-corrected chi connectivity index (χ2v) is 3.03. The summed E-state index contributed by atoms with van der Waals surface area (Å²) in [5.41, 5.74) is 5.14. The van der Waals surface area contributed by atoms with Gasteiger partial charge in [-0.25, -0.2) is 8.78 Å². The normalized spacial score (nSPS) is 12.4. The van der Waals surface area contributed by atoms with Gasteiger partial charge in [0.2, 0.25) is 0 Å². The molecule has 14 heavy (non-hydrogen) atoms. The van der Waals surface area contributed by atoms with E-state index in [4.69, 9.17) is 17.3 Å². The number of anilines is 1. The molecule has 0 bridgehead atoms. The highest BCUT2D eigenvalue weighted by molar-refractivity contribution is 6.32. The van der Waals surface area contributed by atoms with Crippen molar-refractivity contribution in [1.82, 2.24) is 9.78 Å². The van der Waals surface area contributed by atoms with Crippen LogP contribution < -0.4 is 5.73 Å². The summed E-state index contributed by atoms with van der Waals surface area (Å²) in [5, 5.41) is 3.28. The van der Waals surface area contributed by atoms with Gasteiger partial charge in [0.15, 0.2) is 5.82 Å². The Morgan fingerprint density at radius 1 is 1.57 bits per heavy atom. The summed E-state index contributed by atoms with van der Waals surface area (Å²) in [6, 6.07) is 0. The molecule has 0 spiro atoms. The number of rotatable bonds is 3. The van der Waals surface area contributed by atoms with Gasteiger partial charge in [-0.05, 0) is 0 Å². The first-order chi connectivity index (χ1) is 6.33. The van der Waals surface area contributed by atoms with Gasteiger partial charge < -0.3 is 5.73 Å². The van der Waals surface area contributed by atoms with E-state index in [1.54, 1.807) is 0 Å². The monoisotopic (exact) mass is 231 g/mol. The smallest absolute Gasteiger partial charge is 0.326 e. The molecule has 0 unspecified atom stereocenters. The van der Waals surface area contributed by atoms with E-state index in [1.807, 2.05) is 0 Å². The lowest BCUT2D eigenvalue weighted by Gasteiger charge is -2.14. The number of nitrogens with two attached hydrogens (primary N) is 1. The summed E-state index contributed by atoms with van der Waals surface area (Å²) in [7, 11) is 0. The van der Waals surface area contributed by atoms with Crippen LogP contribution in [0.2, 0.25) is 5.02 Å². The summed E-state index contributed by atoms with van der Waals surface area (Å²) < 4.78 is 49.0. The number of aromatic nitrogens is 2. The molecule has 1 aromatic heterocycles. The fraction of sp³-hybridized carbons (Fsp3) is 0.500. The molecule has 3 nitrogen and oxygen atoms in total. The Labute approximate surface area is 81.4 Å². The molecule has 0 aliphatic carbocycles. The number of alkyl halides is 4. The average Bonchev–Trinajstić information content (AvgIpc) is 2.29. The lowest BCUT2D eigenvalue weighted by Crippen LogP contribution is -2.32. The highest BCUT2D eigenvalue weighted by atomic mass is 35.5. The molecule has 0 radical (unpaired) electrons. The van der Waals surface area contributed by atoms with Crippen molar-refractivity contribution >= 4 is 17.4 Å². The summed E-state index contributed by atoms with van der Waals surface area (Å²) >= 11 is 5.40. The Morgan fingerprint density at radius 3 is 2.50 bits per heavy atom. The summed E-state index contributed by atoms with van der Waals surface area (Å²) in [5.74, 6) is -4.31. The van der Waals surface area contributed by atoms with Crippen LogP contribution in [0.3, 0.4) is 0 Å². The summed E-state index contributed by atoms with van der Waals surface area (Å²) in [6.07, 6.45) is -2.78. The third-order valence-electron chi connectivity index (χ3n) is 1.44. The standard InChI is InChI=1S/C6H6ClF4N3/c7-3-1-14(13-4(3)12)2-6(10,11)5(8)9/h1,5H,2H2,(H2,12,13). The second kappa shape index (κ2) is 3.64. The quantitative estimate of drug-likeness (QED) is 0.809. The predicted molar refractivity (Wildman–Crippen MR) is 42.6 cm³/mol. The number of nitrogens with zero attached hydrogens (tertiary/aromatic N) is 2. The van der Waals surface area contributed by atoms with Gasteiger partial charge in [-0.1, -0.05) is 11.6 Å². The topological polar surface area (TPSA) is 43.8 Å². The Kier molecular flexibility index (Phi) is 2.89. The maximum Gasteiger partial charge on any atom is 0.326 e. The van der Waals surface area contributed by atoms with Gasteiger partial charge in [-0.2, -0.15) is 13.9 Å². The van der Waals surface area contributed by atoms with Crippen LogP contribution in [-0.2, 0) is 6.54 Å². The minimum absolute atomic E-state index is 0.0462. The second-order valence-electron chi connectivity index (χ2n) is 2.62. The minimum atomic E-state index is -4.14. The molecule has 8 heteroatoms. The van der Waals surface area contributed by atoms with Crippen LogP contribution in [0.15, 0.2) is 6.20 Å². The van der Waals surface area contributed by atoms with Crippen LogP contribution in [0.25, 0.3) is 0 Å².